The summed E-state index contributed by atoms with van der Waals surface area (Å²) in [5, 5.41) is 0.269. The zero-order chi connectivity index (χ0) is 36.4. The summed E-state index contributed by atoms with van der Waals surface area (Å²) in [6.45, 7) is 10.2. The number of H-pyrrole nitrogens is 1. The number of pyridine rings is 1. The summed E-state index contributed by atoms with van der Waals surface area (Å²) in [6.07, 6.45) is 1.79. The van der Waals surface area contributed by atoms with Gasteiger partial charge in [0.05, 0.1) is 45.9 Å². The first-order chi connectivity index (χ1) is 25.2. The summed E-state index contributed by atoms with van der Waals surface area (Å²) in [5.41, 5.74) is 2.85. The molecule has 4 heterocycles. The third-order valence-electron chi connectivity index (χ3n) is 10.6. The van der Waals surface area contributed by atoms with Crippen LogP contribution in [-0.4, -0.2) is 86.9 Å². The first-order valence-electron chi connectivity index (χ1n) is 17.7. The van der Waals surface area contributed by atoms with Gasteiger partial charge in [-0.1, -0.05) is 24.3 Å². The average Bonchev–Trinajstić information content (AvgIpc) is 3.17. The molecule has 0 saturated carbocycles. The van der Waals surface area contributed by atoms with E-state index in [2.05, 4.69) is 34.1 Å². The lowest BCUT2D eigenvalue weighted by atomic mass is 9.98. The lowest BCUT2D eigenvalue weighted by Gasteiger charge is -2.50. The molecule has 4 aromatic carbocycles. The van der Waals surface area contributed by atoms with Crippen LogP contribution >= 0.6 is 0 Å². The van der Waals surface area contributed by atoms with Crippen molar-refractivity contribution in [3.05, 3.63) is 129 Å². The third-order valence-corrected chi connectivity index (χ3v) is 10.6. The summed E-state index contributed by atoms with van der Waals surface area (Å²) >= 11 is 0. The predicted octanol–water partition coefficient (Wildman–Crippen LogP) is 6.35. The van der Waals surface area contributed by atoms with Crippen molar-refractivity contribution in [2.24, 2.45) is 0 Å². The SMILES string of the molecule is CCN(C(=O)c1c[nH]c2cc(OC(c3ccc(CC[N+]45CCN(CC4)CC5)cc3)c3cc(OC)cc(OC)c3)ccc2c1=O)c1cc(F)cc(F)c1. The van der Waals surface area contributed by atoms with Crippen molar-refractivity contribution in [1.29, 1.82) is 0 Å². The number of benzene rings is 4. The van der Waals surface area contributed by atoms with Gasteiger partial charge in [-0.2, -0.15) is 0 Å². The van der Waals surface area contributed by atoms with Crippen LogP contribution in [0.2, 0.25) is 0 Å². The number of halogens is 2. The lowest BCUT2D eigenvalue weighted by Crippen LogP contribution is -2.67. The molecular formula is C41H43F2N4O5+. The lowest BCUT2D eigenvalue weighted by molar-refractivity contribution is -0.940. The molecule has 2 bridgehead atoms. The number of anilines is 1. The Morgan fingerprint density at radius 1 is 0.846 bits per heavy atom. The van der Waals surface area contributed by atoms with Crippen LogP contribution in [0.1, 0.15) is 40.1 Å². The number of ether oxygens (including phenoxy) is 3. The minimum atomic E-state index is -0.818. The van der Waals surface area contributed by atoms with Crippen molar-refractivity contribution in [2.45, 2.75) is 19.4 Å². The second-order valence-electron chi connectivity index (χ2n) is 13.6. The second-order valence-corrected chi connectivity index (χ2v) is 13.6. The molecule has 0 aliphatic carbocycles. The summed E-state index contributed by atoms with van der Waals surface area (Å²) in [7, 11) is 3.21. The molecule has 0 spiro atoms. The van der Waals surface area contributed by atoms with Crippen molar-refractivity contribution in [2.75, 3.05) is 71.5 Å². The summed E-state index contributed by atoms with van der Waals surface area (Å²) in [4.78, 5) is 33.9. The Kier molecular flexibility index (Phi) is 9.98. The molecule has 3 fully saturated rings. The van der Waals surface area contributed by atoms with Gasteiger partial charge in [-0.25, -0.2) is 8.78 Å². The number of hydrogen-bond donors (Lipinski definition) is 1. The van der Waals surface area contributed by atoms with Crippen LogP contribution in [0.4, 0.5) is 14.5 Å². The molecule has 1 N–H and O–H groups in total. The van der Waals surface area contributed by atoms with Crippen LogP contribution in [0.15, 0.2) is 89.9 Å². The molecule has 3 aliphatic heterocycles. The predicted molar refractivity (Wildman–Crippen MR) is 197 cm³/mol. The molecule has 270 valence electrons. The highest BCUT2D eigenvalue weighted by Crippen LogP contribution is 2.35. The maximum atomic E-state index is 14.0. The van der Waals surface area contributed by atoms with Gasteiger partial charge in [0.15, 0.2) is 0 Å². The normalized spacial score (nSPS) is 18.6. The van der Waals surface area contributed by atoms with Crippen LogP contribution in [-0.2, 0) is 6.42 Å². The Morgan fingerprint density at radius 2 is 1.50 bits per heavy atom. The highest BCUT2D eigenvalue weighted by atomic mass is 19.1. The number of quaternary nitrogens is 1. The molecule has 9 nitrogen and oxygen atoms in total. The Labute approximate surface area is 301 Å². The number of methoxy groups -OCH3 is 2. The van der Waals surface area contributed by atoms with Crippen LogP contribution in [0.3, 0.4) is 0 Å². The molecule has 5 aromatic rings. The summed E-state index contributed by atoms with van der Waals surface area (Å²) in [6, 6.07) is 22.1. The van der Waals surface area contributed by atoms with E-state index in [-0.39, 0.29) is 23.2 Å². The van der Waals surface area contributed by atoms with Crippen molar-refractivity contribution >= 4 is 22.5 Å². The number of carbonyl (C=O) groups is 1. The van der Waals surface area contributed by atoms with Gasteiger partial charge in [-0.3, -0.25) is 14.5 Å². The van der Waals surface area contributed by atoms with E-state index in [1.54, 1.807) is 45.4 Å². The van der Waals surface area contributed by atoms with Gasteiger partial charge < -0.3 is 28.6 Å². The zero-order valence-corrected chi connectivity index (χ0v) is 29.7. The minimum Gasteiger partial charge on any atom is -0.497 e. The molecular weight excluding hydrogens is 666 g/mol. The molecule has 1 unspecified atom stereocenters. The van der Waals surface area contributed by atoms with E-state index in [0.29, 0.717) is 22.8 Å². The van der Waals surface area contributed by atoms with Gasteiger partial charge in [-0.05, 0) is 54.4 Å². The van der Waals surface area contributed by atoms with Gasteiger partial charge >= 0.3 is 0 Å². The fourth-order valence-electron chi connectivity index (χ4n) is 7.46. The topological polar surface area (TPSA) is 84.1 Å². The first-order valence-corrected chi connectivity index (χ1v) is 17.7. The van der Waals surface area contributed by atoms with E-state index in [4.69, 9.17) is 14.2 Å². The number of rotatable bonds is 12. The second kappa shape index (κ2) is 14.8. The Bertz CT molecular complexity index is 2090. The largest absolute Gasteiger partial charge is 0.497 e. The quantitative estimate of drug-likeness (QED) is 0.152. The van der Waals surface area contributed by atoms with Crippen LogP contribution in [0.5, 0.6) is 17.2 Å². The average molecular weight is 710 g/mol. The van der Waals surface area contributed by atoms with E-state index in [9.17, 15) is 18.4 Å². The number of carbonyl (C=O) groups excluding carboxylic acids is 1. The smallest absolute Gasteiger partial charge is 0.263 e. The number of piperazine rings is 3. The van der Waals surface area contributed by atoms with Crippen molar-refractivity contribution in [3.8, 4) is 17.2 Å². The molecule has 1 amide bonds. The Morgan fingerprint density at radius 3 is 2.12 bits per heavy atom. The number of amides is 1. The van der Waals surface area contributed by atoms with E-state index in [1.165, 1.54) is 55.5 Å². The highest BCUT2D eigenvalue weighted by Gasteiger charge is 2.37. The molecule has 8 rings (SSSR count). The molecule has 1 atom stereocenters. The zero-order valence-electron chi connectivity index (χ0n) is 29.7. The fourth-order valence-corrected chi connectivity index (χ4v) is 7.46. The molecule has 3 saturated heterocycles. The molecule has 0 radical (unpaired) electrons. The number of nitrogens with one attached hydrogen (secondary N) is 1. The third kappa shape index (κ3) is 7.24. The Balaban J connectivity index is 1.17. The molecule has 52 heavy (non-hydrogen) atoms. The van der Waals surface area contributed by atoms with Crippen molar-refractivity contribution in [1.82, 2.24) is 9.88 Å². The number of aromatic nitrogens is 1. The van der Waals surface area contributed by atoms with E-state index >= 15 is 0 Å². The van der Waals surface area contributed by atoms with E-state index in [1.807, 2.05) is 12.1 Å². The van der Waals surface area contributed by atoms with Crippen LogP contribution in [0.25, 0.3) is 10.9 Å². The van der Waals surface area contributed by atoms with Gasteiger partial charge in [0, 0.05) is 73.6 Å². The number of hydrogen-bond acceptors (Lipinski definition) is 6. The van der Waals surface area contributed by atoms with Gasteiger partial charge in [0.1, 0.15) is 40.6 Å². The van der Waals surface area contributed by atoms with Gasteiger partial charge in [-0.15, -0.1) is 0 Å². The molecule has 11 heteroatoms. The number of fused-ring (bicyclic) bond motifs is 4. The fraction of sp³-hybridized carbons (Fsp3) is 0.317. The van der Waals surface area contributed by atoms with E-state index < -0.39 is 29.1 Å². The maximum absolute atomic E-state index is 14.0. The van der Waals surface area contributed by atoms with Gasteiger partial charge in [0.25, 0.3) is 5.91 Å². The first kappa shape index (κ1) is 35.2. The van der Waals surface area contributed by atoms with E-state index in [0.717, 1.165) is 47.2 Å². The van der Waals surface area contributed by atoms with Crippen LogP contribution in [0, 0.1) is 11.6 Å². The minimum absolute atomic E-state index is 0.0230. The highest BCUT2D eigenvalue weighted by molar-refractivity contribution is 6.07. The Hall–Kier alpha value is -5.26. The number of aromatic amines is 1. The van der Waals surface area contributed by atoms with Gasteiger partial charge in [0.2, 0.25) is 5.43 Å². The molecule has 3 aliphatic rings. The van der Waals surface area contributed by atoms with Crippen LogP contribution < -0.4 is 24.5 Å². The van der Waals surface area contributed by atoms with Crippen molar-refractivity contribution in [3.63, 3.8) is 0 Å². The maximum Gasteiger partial charge on any atom is 0.263 e. The summed E-state index contributed by atoms with van der Waals surface area (Å²) < 4.78 is 47.0. The summed E-state index contributed by atoms with van der Waals surface area (Å²) in [5.74, 6) is -0.573. The monoisotopic (exact) mass is 709 g/mol. The number of nitrogens with zero attached hydrogens (tertiary/aromatic N) is 3. The standard InChI is InChI=1S/C41H42F2N4O5/c1-4-46(32-22-30(42)21-31(43)23-32)41(49)37-26-44-38-25-33(9-10-36(38)39(37)48)52-40(29-19-34(50-2)24-35(20-29)51-3)28-7-5-27(6-8-28)11-15-47-16-12-45(13-17-47)14-18-47/h5-10,19-26,40H,4,11-18H2,1-3H3/p+1. The molecule has 1 aromatic heterocycles. The van der Waals surface area contributed by atoms with Crippen molar-refractivity contribution < 1.29 is 32.3 Å².